The van der Waals surface area contributed by atoms with Crippen LogP contribution in [0.25, 0.3) is 0 Å². The maximum absolute atomic E-state index is 10.1. The summed E-state index contributed by atoms with van der Waals surface area (Å²) in [5.41, 5.74) is 0. The number of carbonyl (C=O) groups excluding carboxylic acids is 1. The summed E-state index contributed by atoms with van der Waals surface area (Å²) in [7, 11) is 0. The van der Waals surface area contributed by atoms with E-state index in [9.17, 15) is 9.59 Å². The van der Waals surface area contributed by atoms with E-state index in [0.29, 0.717) is 12.7 Å². The first-order valence-electron chi connectivity index (χ1n) is 2.90. The molecule has 0 heterocycles. The fourth-order valence-electron chi connectivity index (χ4n) is 0.561. The first kappa shape index (κ1) is 8.14. The van der Waals surface area contributed by atoms with Gasteiger partial charge in [0.2, 0.25) is 0 Å². The number of carboxylic acids is 1. The van der Waals surface area contributed by atoms with Crippen molar-refractivity contribution >= 4 is 12.3 Å². The SMILES string of the molecule is CCCC(C=O)C(=O)O. The van der Waals surface area contributed by atoms with Crippen LogP contribution in [0.4, 0.5) is 0 Å². The van der Waals surface area contributed by atoms with E-state index in [0.717, 1.165) is 6.42 Å². The molecule has 9 heavy (non-hydrogen) atoms. The van der Waals surface area contributed by atoms with E-state index in [2.05, 4.69) is 0 Å². The monoisotopic (exact) mass is 130 g/mol. The number of aldehydes is 1. The highest BCUT2D eigenvalue weighted by Crippen LogP contribution is 2.01. The zero-order valence-corrected chi connectivity index (χ0v) is 5.33. The number of rotatable bonds is 4. The number of carboxylic acid groups (broad SMARTS) is 1. The highest BCUT2D eigenvalue weighted by Gasteiger charge is 2.13. The lowest BCUT2D eigenvalue weighted by atomic mass is 10.1. The van der Waals surface area contributed by atoms with E-state index >= 15 is 0 Å². The number of carbonyl (C=O) groups is 2. The first-order chi connectivity index (χ1) is 4.22. The summed E-state index contributed by atoms with van der Waals surface area (Å²) in [6, 6.07) is 0. The summed E-state index contributed by atoms with van der Waals surface area (Å²) in [4.78, 5) is 20.0. The summed E-state index contributed by atoms with van der Waals surface area (Å²) in [6.45, 7) is 1.85. The van der Waals surface area contributed by atoms with Crippen LogP contribution in [-0.2, 0) is 9.59 Å². The zero-order chi connectivity index (χ0) is 7.28. The minimum absolute atomic E-state index is 0.443. The third-order valence-corrected chi connectivity index (χ3v) is 1.08. The van der Waals surface area contributed by atoms with Gasteiger partial charge in [-0.3, -0.25) is 4.79 Å². The van der Waals surface area contributed by atoms with Gasteiger partial charge in [0.05, 0.1) is 0 Å². The molecule has 1 atom stereocenters. The standard InChI is InChI=1S/C6H10O3/c1-2-3-5(4-7)6(8)9/h4-5H,2-3H2,1H3,(H,8,9). The Labute approximate surface area is 53.7 Å². The molecular formula is C6H10O3. The van der Waals surface area contributed by atoms with Crippen molar-refractivity contribution in [3.8, 4) is 0 Å². The largest absolute Gasteiger partial charge is 0.481 e. The lowest BCUT2D eigenvalue weighted by Crippen LogP contribution is -2.14. The fourth-order valence-corrected chi connectivity index (χ4v) is 0.561. The summed E-state index contributed by atoms with van der Waals surface area (Å²) in [5.74, 6) is -1.82. The summed E-state index contributed by atoms with van der Waals surface area (Å²) in [5, 5.41) is 8.27. The topological polar surface area (TPSA) is 54.4 Å². The number of hydrogen-bond donors (Lipinski definition) is 1. The van der Waals surface area contributed by atoms with Crippen LogP contribution >= 0.6 is 0 Å². The highest BCUT2D eigenvalue weighted by molar-refractivity contribution is 5.86. The third kappa shape index (κ3) is 2.85. The van der Waals surface area contributed by atoms with E-state index < -0.39 is 11.9 Å². The van der Waals surface area contributed by atoms with Crippen LogP contribution in [-0.4, -0.2) is 17.4 Å². The molecule has 0 fully saturated rings. The molecule has 0 spiro atoms. The Hall–Kier alpha value is -0.860. The molecule has 1 unspecified atom stereocenters. The van der Waals surface area contributed by atoms with Crippen molar-refractivity contribution in [3.63, 3.8) is 0 Å². The van der Waals surface area contributed by atoms with Crippen molar-refractivity contribution in [1.82, 2.24) is 0 Å². The lowest BCUT2D eigenvalue weighted by molar-refractivity contribution is -0.143. The molecule has 3 heteroatoms. The van der Waals surface area contributed by atoms with E-state index in [1.807, 2.05) is 6.92 Å². The molecule has 0 amide bonds. The van der Waals surface area contributed by atoms with E-state index in [-0.39, 0.29) is 0 Å². The van der Waals surface area contributed by atoms with Crippen molar-refractivity contribution < 1.29 is 14.7 Å². The van der Waals surface area contributed by atoms with Gasteiger partial charge >= 0.3 is 5.97 Å². The average molecular weight is 130 g/mol. The number of hydrogen-bond acceptors (Lipinski definition) is 2. The molecule has 52 valence electrons. The van der Waals surface area contributed by atoms with Crippen molar-refractivity contribution in [1.29, 1.82) is 0 Å². The van der Waals surface area contributed by atoms with Crippen LogP contribution in [0.3, 0.4) is 0 Å². The lowest BCUT2D eigenvalue weighted by Gasteiger charge is -1.98. The van der Waals surface area contributed by atoms with Crippen LogP contribution in [0.1, 0.15) is 19.8 Å². The molecule has 0 aromatic carbocycles. The van der Waals surface area contributed by atoms with Crippen molar-refractivity contribution in [2.75, 3.05) is 0 Å². The predicted molar refractivity (Wildman–Crippen MR) is 32.1 cm³/mol. The normalized spacial score (nSPS) is 12.6. The highest BCUT2D eigenvalue weighted by atomic mass is 16.4. The second kappa shape index (κ2) is 4.06. The Balaban J connectivity index is 3.68. The Morgan fingerprint density at radius 1 is 1.78 bits per heavy atom. The molecule has 0 aromatic rings. The molecule has 0 saturated carbocycles. The van der Waals surface area contributed by atoms with E-state index in [1.165, 1.54) is 0 Å². The molecule has 0 radical (unpaired) electrons. The third-order valence-electron chi connectivity index (χ3n) is 1.08. The molecule has 0 aromatic heterocycles. The van der Waals surface area contributed by atoms with Gasteiger partial charge in [0.15, 0.2) is 0 Å². The van der Waals surface area contributed by atoms with Gasteiger partial charge in [-0.2, -0.15) is 0 Å². The average Bonchev–Trinajstić information content (AvgIpc) is 1.82. The summed E-state index contributed by atoms with van der Waals surface area (Å²) < 4.78 is 0. The Kier molecular flexibility index (Phi) is 3.67. The maximum Gasteiger partial charge on any atom is 0.313 e. The van der Waals surface area contributed by atoms with Gasteiger partial charge in [0, 0.05) is 0 Å². The summed E-state index contributed by atoms with van der Waals surface area (Å²) >= 11 is 0. The first-order valence-corrected chi connectivity index (χ1v) is 2.90. The minimum Gasteiger partial charge on any atom is -0.481 e. The Morgan fingerprint density at radius 2 is 2.33 bits per heavy atom. The van der Waals surface area contributed by atoms with Gasteiger partial charge in [-0.05, 0) is 6.42 Å². The van der Waals surface area contributed by atoms with Gasteiger partial charge in [0.1, 0.15) is 12.2 Å². The van der Waals surface area contributed by atoms with Crippen LogP contribution < -0.4 is 0 Å². The smallest absolute Gasteiger partial charge is 0.313 e. The molecule has 0 aliphatic carbocycles. The van der Waals surface area contributed by atoms with Gasteiger partial charge in [0.25, 0.3) is 0 Å². The molecule has 0 aliphatic rings. The summed E-state index contributed by atoms with van der Waals surface area (Å²) in [6.07, 6.45) is 1.65. The van der Waals surface area contributed by atoms with Crippen LogP contribution in [0.2, 0.25) is 0 Å². The Bertz CT molecular complexity index is 109. The minimum atomic E-state index is -1.02. The molecule has 3 nitrogen and oxygen atoms in total. The second-order valence-electron chi connectivity index (χ2n) is 1.87. The molecule has 0 bridgehead atoms. The molecular weight excluding hydrogens is 120 g/mol. The van der Waals surface area contributed by atoms with E-state index in [1.54, 1.807) is 0 Å². The van der Waals surface area contributed by atoms with Crippen LogP contribution in [0.15, 0.2) is 0 Å². The van der Waals surface area contributed by atoms with Crippen molar-refractivity contribution in [3.05, 3.63) is 0 Å². The molecule has 0 saturated heterocycles. The van der Waals surface area contributed by atoms with Crippen molar-refractivity contribution in [2.45, 2.75) is 19.8 Å². The Morgan fingerprint density at radius 3 is 2.44 bits per heavy atom. The zero-order valence-electron chi connectivity index (χ0n) is 5.33. The van der Waals surface area contributed by atoms with Crippen LogP contribution in [0.5, 0.6) is 0 Å². The maximum atomic E-state index is 10.1. The molecule has 0 rings (SSSR count). The van der Waals surface area contributed by atoms with Gasteiger partial charge in [-0.15, -0.1) is 0 Å². The second-order valence-corrected chi connectivity index (χ2v) is 1.87. The molecule has 1 N–H and O–H groups in total. The molecule has 0 aliphatic heterocycles. The van der Waals surface area contributed by atoms with Gasteiger partial charge in [-0.1, -0.05) is 13.3 Å². The predicted octanol–water partition coefficient (Wildman–Crippen LogP) is 0.686. The number of aliphatic carboxylic acids is 1. The van der Waals surface area contributed by atoms with Crippen LogP contribution in [0, 0.1) is 5.92 Å². The van der Waals surface area contributed by atoms with Gasteiger partial charge in [-0.25, -0.2) is 0 Å². The van der Waals surface area contributed by atoms with E-state index in [4.69, 9.17) is 5.11 Å². The quantitative estimate of drug-likeness (QED) is 0.450. The fraction of sp³-hybridized carbons (Fsp3) is 0.667. The van der Waals surface area contributed by atoms with Crippen molar-refractivity contribution in [2.24, 2.45) is 5.92 Å². The van der Waals surface area contributed by atoms with Gasteiger partial charge < -0.3 is 9.90 Å².